The zero-order valence-corrected chi connectivity index (χ0v) is 30.6. The van der Waals surface area contributed by atoms with Crippen molar-refractivity contribution in [2.75, 3.05) is 19.7 Å². The molecule has 5 aromatic rings. The molecule has 3 aromatic heterocycles. The highest BCUT2D eigenvalue weighted by Gasteiger charge is 2.38. The molecule has 0 saturated carbocycles. The minimum absolute atomic E-state index is 0.0182. The molecule has 1 saturated heterocycles. The van der Waals surface area contributed by atoms with Gasteiger partial charge in [0.15, 0.2) is 11.6 Å². The van der Waals surface area contributed by atoms with Gasteiger partial charge in [0.25, 0.3) is 5.91 Å². The topological polar surface area (TPSA) is 139 Å². The van der Waals surface area contributed by atoms with E-state index in [2.05, 4.69) is 63.6 Å². The number of aromatic nitrogens is 6. The van der Waals surface area contributed by atoms with E-state index in [9.17, 15) is 9.59 Å². The number of carbonyl (C=O) groups excluding carboxylic acids is 2. The van der Waals surface area contributed by atoms with Crippen molar-refractivity contribution < 1.29 is 14.3 Å². The van der Waals surface area contributed by atoms with E-state index in [4.69, 9.17) is 4.74 Å². The average Bonchev–Trinajstić information content (AvgIpc) is 3.84. The average molecular weight is 707 g/mol. The number of carbonyl (C=O) groups is 2. The summed E-state index contributed by atoms with van der Waals surface area (Å²) >= 11 is 1.46. The van der Waals surface area contributed by atoms with Crippen LogP contribution in [-0.4, -0.2) is 73.0 Å². The molecule has 1 aliphatic rings. The molecule has 12 heteroatoms. The van der Waals surface area contributed by atoms with E-state index in [1.54, 1.807) is 4.90 Å². The van der Waals surface area contributed by atoms with Crippen LogP contribution in [0.4, 0.5) is 0 Å². The monoisotopic (exact) mass is 706 g/mol. The Hall–Kier alpha value is -4.97. The van der Waals surface area contributed by atoms with Crippen molar-refractivity contribution in [2.45, 2.75) is 83.6 Å². The number of rotatable bonds is 15. The highest BCUT2D eigenvalue weighted by molar-refractivity contribution is 7.14. The van der Waals surface area contributed by atoms with E-state index in [1.807, 2.05) is 73.1 Å². The Bertz CT molecular complexity index is 1860. The first kappa shape index (κ1) is 35.8. The molecule has 266 valence electrons. The minimum Gasteiger partial charge on any atom is -0.494 e. The van der Waals surface area contributed by atoms with Crippen LogP contribution in [0.1, 0.15) is 91.7 Å². The number of nitrogens with zero attached hydrogens (tertiary/aromatic N) is 6. The van der Waals surface area contributed by atoms with E-state index in [0.717, 1.165) is 45.9 Å². The fourth-order valence-corrected chi connectivity index (χ4v) is 6.94. The molecular formula is C39H46N8O3S. The molecule has 1 atom stereocenters. The summed E-state index contributed by atoms with van der Waals surface area (Å²) in [6.45, 7) is 10.3. The lowest BCUT2D eigenvalue weighted by Gasteiger charge is -2.39. The standard InChI is InChI=1S/C39H46N8O3S/c1-5-6-7-8-9-20-50-31-16-14-27(15-17-31)29-22-40-35(41-23-29)28-12-10-26(11-13-28)21-32(38(49)47-24-30(25-47)36-43-45-46-44-36)42-37(48)33-18-19-34(51-33)39(2,3)4/h10-19,22-23,30,32H,5-9,20-21,24-25H2,1-4H3,(H,42,48)(H,43,44,45,46)/t32-/m0/s1. The number of tetrazole rings is 1. The molecule has 0 aliphatic carbocycles. The molecule has 2 N–H and O–H groups in total. The van der Waals surface area contributed by atoms with Crippen molar-refractivity contribution in [3.63, 3.8) is 0 Å². The number of benzene rings is 2. The van der Waals surface area contributed by atoms with E-state index in [-0.39, 0.29) is 23.1 Å². The number of aromatic amines is 1. The lowest BCUT2D eigenvalue weighted by Crippen LogP contribution is -2.56. The zero-order chi connectivity index (χ0) is 35.8. The molecule has 4 heterocycles. The Kier molecular flexibility index (Phi) is 11.5. The van der Waals surface area contributed by atoms with E-state index in [0.29, 0.717) is 36.0 Å². The van der Waals surface area contributed by atoms with Crippen molar-refractivity contribution in [3.05, 3.63) is 94.2 Å². The van der Waals surface area contributed by atoms with Gasteiger partial charge in [-0.15, -0.1) is 21.5 Å². The second-order valence-electron chi connectivity index (χ2n) is 14.1. The molecule has 6 rings (SSSR count). The van der Waals surface area contributed by atoms with Gasteiger partial charge in [-0.25, -0.2) is 9.97 Å². The zero-order valence-electron chi connectivity index (χ0n) is 29.8. The Labute approximate surface area is 303 Å². The number of thiophene rings is 1. The van der Waals surface area contributed by atoms with Crippen LogP contribution in [0.2, 0.25) is 0 Å². The summed E-state index contributed by atoms with van der Waals surface area (Å²) in [6, 6.07) is 18.9. The summed E-state index contributed by atoms with van der Waals surface area (Å²) in [5.41, 5.74) is 3.65. The van der Waals surface area contributed by atoms with Gasteiger partial charge < -0.3 is 15.0 Å². The van der Waals surface area contributed by atoms with Crippen molar-refractivity contribution in [1.29, 1.82) is 0 Å². The number of ether oxygens (including phenoxy) is 1. The lowest BCUT2D eigenvalue weighted by atomic mass is 9.95. The Morgan fingerprint density at radius 2 is 1.63 bits per heavy atom. The van der Waals surface area contributed by atoms with Crippen LogP contribution >= 0.6 is 11.3 Å². The number of likely N-dealkylation sites (tertiary alicyclic amines) is 1. The van der Waals surface area contributed by atoms with E-state index >= 15 is 0 Å². The van der Waals surface area contributed by atoms with Crippen molar-refractivity contribution >= 4 is 23.2 Å². The minimum atomic E-state index is -0.743. The first-order valence-electron chi connectivity index (χ1n) is 17.8. The summed E-state index contributed by atoms with van der Waals surface area (Å²) in [7, 11) is 0. The van der Waals surface area contributed by atoms with E-state index < -0.39 is 6.04 Å². The van der Waals surface area contributed by atoms with Crippen molar-refractivity contribution in [2.24, 2.45) is 0 Å². The first-order chi connectivity index (χ1) is 24.7. The summed E-state index contributed by atoms with van der Waals surface area (Å²) in [4.78, 5) is 39.9. The third kappa shape index (κ3) is 9.23. The largest absolute Gasteiger partial charge is 0.494 e. The molecule has 1 fully saturated rings. The van der Waals surface area contributed by atoms with Gasteiger partial charge >= 0.3 is 0 Å². The van der Waals surface area contributed by atoms with Gasteiger partial charge in [-0.05, 0) is 47.2 Å². The van der Waals surface area contributed by atoms with Crippen molar-refractivity contribution in [3.8, 4) is 28.3 Å². The van der Waals surface area contributed by atoms with Gasteiger partial charge in [-0.3, -0.25) is 9.59 Å². The number of hydrogen-bond donors (Lipinski definition) is 2. The van der Waals surface area contributed by atoms with Gasteiger partial charge in [0.1, 0.15) is 11.8 Å². The first-order valence-corrected chi connectivity index (χ1v) is 18.6. The van der Waals surface area contributed by atoms with Gasteiger partial charge in [-0.2, -0.15) is 5.21 Å². The lowest BCUT2D eigenvalue weighted by molar-refractivity contribution is -0.137. The smallest absolute Gasteiger partial charge is 0.262 e. The summed E-state index contributed by atoms with van der Waals surface area (Å²) in [6.07, 6.45) is 10.1. The van der Waals surface area contributed by atoms with Crippen LogP contribution in [0.15, 0.2) is 73.1 Å². The van der Waals surface area contributed by atoms with Crippen LogP contribution in [0.25, 0.3) is 22.5 Å². The molecule has 1 aliphatic heterocycles. The molecular weight excluding hydrogens is 661 g/mol. The number of amides is 2. The maximum Gasteiger partial charge on any atom is 0.262 e. The predicted octanol–water partition coefficient (Wildman–Crippen LogP) is 7.00. The summed E-state index contributed by atoms with van der Waals surface area (Å²) < 4.78 is 5.91. The maximum absolute atomic E-state index is 13.7. The van der Waals surface area contributed by atoms with Gasteiger partial charge in [0, 0.05) is 47.9 Å². The number of hydrogen-bond acceptors (Lipinski definition) is 9. The molecule has 0 unspecified atom stereocenters. The fourth-order valence-electron chi connectivity index (χ4n) is 5.97. The molecule has 0 radical (unpaired) electrons. The van der Waals surface area contributed by atoms with E-state index in [1.165, 1.54) is 37.0 Å². The highest BCUT2D eigenvalue weighted by atomic mass is 32.1. The predicted molar refractivity (Wildman–Crippen MR) is 199 cm³/mol. The van der Waals surface area contributed by atoms with Crippen molar-refractivity contribution in [1.82, 2.24) is 40.8 Å². The quantitative estimate of drug-likeness (QED) is 0.111. The van der Waals surface area contributed by atoms with Crippen LogP contribution in [-0.2, 0) is 16.6 Å². The van der Waals surface area contributed by atoms with Gasteiger partial charge in [0.05, 0.1) is 17.4 Å². The molecule has 2 aromatic carbocycles. The SMILES string of the molecule is CCCCCCCOc1ccc(-c2cnc(-c3ccc(C[C@H](NC(=O)c4ccc(C(C)(C)C)s4)C(=O)N4CC(c5nn[nH]n5)C4)cc3)nc2)cc1. The Morgan fingerprint density at radius 3 is 2.27 bits per heavy atom. The number of unbranched alkanes of at least 4 members (excludes halogenated alkanes) is 4. The normalized spacial score (nSPS) is 13.8. The second kappa shape index (κ2) is 16.4. The number of H-pyrrole nitrogens is 1. The molecule has 11 nitrogen and oxygen atoms in total. The highest BCUT2D eigenvalue weighted by Crippen LogP contribution is 2.30. The Morgan fingerprint density at radius 1 is 0.922 bits per heavy atom. The van der Waals surface area contributed by atoms with Crippen LogP contribution in [0, 0.1) is 0 Å². The Balaban J connectivity index is 1.09. The summed E-state index contributed by atoms with van der Waals surface area (Å²) in [5.74, 6) is 1.69. The molecule has 2 amide bonds. The van der Waals surface area contributed by atoms with Crippen LogP contribution in [0.5, 0.6) is 5.75 Å². The van der Waals surface area contributed by atoms with Gasteiger partial charge in [-0.1, -0.05) is 95.0 Å². The second-order valence-corrected chi connectivity index (χ2v) is 15.2. The molecule has 0 spiro atoms. The third-order valence-electron chi connectivity index (χ3n) is 9.10. The van der Waals surface area contributed by atoms with Gasteiger partial charge in [0.2, 0.25) is 5.91 Å². The third-order valence-corrected chi connectivity index (χ3v) is 10.6. The molecule has 0 bridgehead atoms. The fraction of sp³-hybridized carbons (Fsp3) is 0.410. The van der Waals surface area contributed by atoms with Crippen LogP contribution < -0.4 is 10.1 Å². The maximum atomic E-state index is 13.7. The molecule has 51 heavy (non-hydrogen) atoms. The summed E-state index contributed by atoms with van der Waals surface area (Å²) in [5, 5.41) is 17.3. The van der Waals surface area contributed by atoms with Crippen LogP contribution in [0.3, 0.4) is 0 Å². The number of nitrogens with one attached hydrogen (secondary N) is 2.